The number of benzene rings is 2. The number of ether oxygens (including phenoxy) is 1. The van der Waals surface area contributed by atoms with Crippen LogP contribution < -0.4 is 0 Å². The van der Waals surface area contributed by atoms with Gasteiger partial charge in [-0.05, 0) is 36.1 Å². The Morgan fingerprint density at radius 3 is 2.52 bits per heavy atom. The average molecular weight is 313 g/mol. The minimum absolute atomic E-state index is 0.0345. The third kappa shape index (κ3) is 4.63. The van der Waals surface area contributed by atoms with Crippen LogP contribution in [-0.2, 0) is 22.7 Å². The highest BCUT2D eigenvalue weighted by Gasteiger charge is 2.32. The van der Waals surface area contributed by atoms with E-state index in [9.17, 15) is 9.18 Å². The SMILES string of the molecule is O=C(COCc1ccccc1)N(Cc1cccc(F)c1)C1CC1. The summed E-state index contributed by atoms with van der Waals surface area (Å²) < 4.78 is 18.8. The Bertz CT molecular complexity index is 655. The average Bonchev–Trinajstić information content (AvgIpc) is 3.38. The van der Waals surface area contributed by atoms with Crippen LogP contribution in [0.25, 0.3) is 0 Å². The van der Waals surface area contributed by atoms with Crippen LogP contribution in [-0.4, -0.2) is 23.5 Å². The number of carbonyl (C=O) groups is 1. The Labute approximate surface area is 135 Å². The van der Waals surface area contributed by atoms with E-state index in [1.807, 2.05) is 36.4 Å². The number of carbonyl (C=O) groups excluding carboxylic acids is 1. The first-order valence-electron chi connectivity index (χ1n) is 7.88. The summed E-state index contributed by atoms with van der Waals surface area (Å²) in [4.78, 5) is 14.2. The van der Waals surface area contributed by atoms with E-state index in [2.05, 4.69) is 0 Å². The highest BCUT2D eigenvalue weighted by atomic mass is 19.1. The van der Waals surface area contributed by atoms with Gasteiger partial charge in [-0.2, -0.15) is 0 Å². The van der Waals surface area contributed by atoms with Crippen LogP contribution in [0, 0.1) is 5.82 Å². The first kappa shape index (κ1) is 15.7. The lowest BCUT2D eigenvalue weighted by Gasteiger charge is -2.22. The Kier molecular flexibility index (Phi) is 5.03. The Hall–Kier alpha value is -2.20. The highest BCUT2D eigenvalue weighted by Crippen LogP contribution is 2.28. The van der Waals surface area contributed by atoms with Gasteiger partial charge in [0.1, 0.15) is 12.4 Å². The zero-order valence-corrected chi connectivity index (χ0v) is 13.0. The number of rotatable bonds is 7. The molecule has 3 nitrogen and oxygen atoms in total. The monoisotopic (exact) mass is 313 g/mol. The van der Waals surface area contributed by atoms with Gasteiger partial charge >= 0.3 is 0 Å². The van der Waals surface area contributed by atoms with Crippen LogP contribution in [0.4, 0.5) is 4.39 Å². The van der Waals surface area contributed by atoms with Crippen molar-refractivity contribution in [3.63, 3.8) is 0 Å². The van der Waals surface area contributed by atoms with Crippen LogP contribution in [0.3, 0.4) is 0 Å². The Morgan fingerprint density at radius 2 is 1.83 bits per heavy atom. The zero-order valence-electron chi connectivity index (χ0n) is 13.0. The van der Waals surface area contributed by atoms with Crippen molar-refractivity contribution in [2.75, 3.05) is 6.61 Å². The molecule has 2 aromatic rings. The van der Waals surface area contributed by atoms with Gasteiger partial charge in [0.15, 0.2) is 0 Å². The summed E-state index contributed by atoms with van der Waals surface area (Å²) in [5.74, 6) is -0.307. The van der Waals surface area contributed by atoms with Gasteiger partial charge in [-0.3, -0.25) is 4.79 Å². The molecule has 0 heterocycles. The van der Waals surface area contributed by atoms with Gasteiger partial charge in [0.2, 0.25) is 5.91 Å². The minimum atomic E-state index is -0.272. The normalized spacial score (nSPS) is 13.8. The van der Waals surface area contributed by atoms with Crippen LogP contribution in [0.5, 0.6) is 0 Å². The predicted octanol–water partition coefficient (Wildman–Crippen LogP) is 3.53. The first-order chi connectivity index (χ1) is 11.2. The fraction of sp³-hybridized carbons (Fsp3) is 0.316. The van der Waals surface area contributed by atoms with Gasteiger partial charge in [-0.25, -0.2) is 4.39 Å². The number of hydrogen-bond donors (Lipinski definition) is 0. The topological polar surface area (TPSA) is 29.5 Å². The van der Waals surface area contributed by atoms with E-state index in [-0.39, 0.29) is 24.4 Å². The lowest BCUT2D eigenvalue weighted by Crippen LogP contribution is -2.35. The van der Waals surface area contributed by atoms with Crippen molar-refractivity contribution >= 4 is 5.91 Å². The van der Waals surface area contributed by atoms with E-state index in [4.69, 9.17) is 4.74 Å². The van der Waals surface area contributed by atoms with Crippen LogP contribution >= 0.6 is 0 Å². The van der Waals surface area contributed by atoms with Crippen molar-refractivity contribution in [1.82, 2.24) is 4.90 Å². The summed E-state index contributed by atoms with van der Waals surface area (Å²) in [7, 11) is 0. The maximum absolute atomic E-state index is 13.3. The maximum atomic E-state index is 13.3. The molecule has 4 heteroatoms. The van der Waals surface area contributed by atoms with Crippen molar-refractivity contribution in [3.8, 4) is 0 Å². The largest absolute Gasteiger partial charge is 0.367 e. The second-order valence-electron chi connectivity index (χ2n) is 5.86. The number of amides is 1. The van der Waals surface area contributed by atoms with E-state index in [1.54, 1.807) is 11.0 Å². The van der Waals surface area contributed by atoms with Gasteiger partial charge in [-0.1, -0.05) is 42.5 Å². The number of nitrogens with zero attached hydrogens (tertiary/aromatic N) is 1. The molecule has 0 N–H and O–H groups in total. The highest BCUT2D eigenvalue weighted by molar-refractivity contribution is 5.78. The van der Waals surface area contributed by atoms with Gasteiger partial charge in [0, 0.05) is 12.6 Å². The molecule has 1 saturated carbocycles. The van der Waals surface area contributed by atoms with Gasteiger partial charge in [0.05, 0.1) is 6.61 Å². The molecule has 1 aliphatic rings. The molecule has 0 unspecified atom stereocenters. The quantitative estimate of drug-likeness (QED) is 0.782. The molecule has 0 aliphatic heterocycles. The fourth-order valence-electron chi connectivity index (χ4n) is 2.55. The van der Waals surface area contributed by atoms with Gasteiger partial charge in [0.25, 0.3) is 0 Å². The second kappa shape index (κ2) is 7.38. The number of halogens is 1. The molecule has 0 atom stereocenters. The summed E-state index contributed by atoms with van der Waals surface area (Å²) in [5, 5.41) is 0. The smallest absolute Gasteiger partial charge is 0.249 e. The summed E-state index contributed by atoms with van der Waals surface area (Å²) in [6, 6.07) is 16.5. The van der Waals surface area contributed by atoms with Crippen molar-refractivity contribution in [2.45, 2.75) is 32.0 Å². The third-order valence-electron chi connectivity index (χ3n) is 3.89. The molecule has 1 amide bonds. The van der Waals surface area contributed by atoms with Crippen molar-refractivity contribution in [1.29, 1.82) is 0 Å². The second-order valence-corrected chi connectivity index (χ2v) is 5.86. The molecule has 1 aliphatic carbocycles. The van der Waals surface area contributed by atoms with E-state index in [0.717, 1.165) is 24.0 Å². The molecule has 0 saturated heterocycles. The molecule has 2 aromatic carbocycles. The molecule has 3 rings (SSSR count). The Balaban J connectivity index is 1.54. The Morgan fingerprint density at radius 1 is 1.09 bits per heavy atom. The molecular weight excluding hydrogens is 293 g/mol. The standard InChI is InChI=1S/C19H20FNO2/c20-17-8-4-7-16(11-17)12-21(18-9-10-18)19(22)14-23-13-15-5-2-1-3-6-15/h1-8,11,18H,9-10,12-14H2. The van der Waals surface area contributed by atoms with Crippen LogP contribution in [0.2, 0.25) is 0 Å². The van der Waals surface area contributed by atoms with Crippen molar-refractivity contribution in [3.05, 3.63) is 71.5 Å². The molecule has 23 heavy (non-hydrogen) atoms. The van der Waals surface area contributed by atoms with Crippen molar-refractivity contribution < 1.29 is 13.9 Å². The number of hydrogen-bond acceptors (Lipinski definition) is 2. The maximum Gasteiger partial charge on any atom is 0.249 e. The molecule has 0 bridgehead atoms. The zero-order chi connectivity index (χ0) is 16.1. The minimum Gasteiger partial charge on any atom is -0.367 e. The van der Waals surface area contributed by atoms with Gasteiger partial charge in [-0.15, -0.1) is 0 Å². The van der Waals surface area contributed by atoms with Crippen LogP contribution in [0.15, 0.2) is 54.6 Å². The predicted molar refractivity (Wildman–Crippen MR) is 86.1 cm³/mol. The molecule has 1 fully saturated rings. The third-order valence-corrected chi connectivity index (χ3v) is 3.89. The lowest BCUT2D eigenvalue weighted by molar-refractivity contribution is -0.137. The fourth-order valence-corrected chi connectivity index (χ4v) is 2.55. The van der Waals surface area contributed by atoms with E-state index in [1.165, 1.54) is 12.1 Å². The van der Waals surface area contributed by atoms with E-state index in [0.29, 0.717) is 13.2 Å². The summed E-state index contributed by atoms with van der Waals surface area (Å²) in [6.07, 6.45) is 2.03. The molecule has 0 spiro atoms. The summed E-state index contributed by atoms with van der Waals surface area (Å²) >= 11 is 0. The van der Waals surface area contributed by atoms with Crippen LogP contribution in [0.1, 0.15) is 24.0 Å². The molecule has 0 radical (unpaired) electrons. The first-order valence-corrected chi connectivity index (χ1v) is 7.88. The van der Waals surface area contributed by atoms with Crippen molar-refractivity contribution in [2.24, 2.45) is 0 Å². The summed E-state index contributed by atoms with van der Waals surface area (Å²) in [5.41, 5.74) is 1.86. The molecular formula is C19H20FNO2. The van der Waals surface area contributed by atoms with Gasteiger partial charge < -0.3 is 9.64 Å². The molecule has 120 valence electrons. The van der Waals surface area contributed by atoms with E-state index < -0.39 is 0 Å². The molecule has 0 aromatic heterocycles. The summed E-state index contributed by atoms with van der Waals surface area (Å²) in [6.45, 7) is 0.918. The van der Waals surface area contributed by atoms with E-state index >= 15 is 0 Å². The lowest BCUT2D eigenvalue weighted by atomic mass is 10.2.